The van der Waals surface area contributed by atoms with Gasteiger partial charge in [-0.1, -0.05) is 0 Å². The van der Waals surface area contributed by atoms with E-state index in [-0.39, 0.29) is 6.04 Å². The molecule has 1 aromatic rings. The van der Waals surface area contributed by atoms with Crippen LogP contribution in [-0.2, 0) is 16.1 Å². The molecule has 1 aromatic heterocycles. The molecule has 1 aliphatic heterocycles. The first-order valence-electron chi connectivity index (χ1n) is 6.58. The summed E-state index contributed by atoms with van der Waals surface area (Å²) >= 11 is 0. The fourth-order valence-electron chi connectivity index (χ4n) is 1.97. The van der Waals surface area contributed by atoms with Crippen molar-refractivity contribution < 1.29 is 9.47 Å². The van der Waals surface area contributed by atoms with Crippen molar-refractivity contribution in [1.29, 1.82) is 0 Å². The SMILES string of the molecule is CCOCc1nc(NN)cc(NC2CCCOC2)n1. The minimum Gasteiger partial charge on any atom is -0.379 e. The van der Waals surface area contributed by atoms with Crippen molar-refractivity contribution in [3.8, 4) is 0 Å². The second kappa shape index (κ2) is 7.22. The standard InChI is InChI=1S/C12H21N5O2/c1-2-18-8-12-15-10(6-11(16-12)17-13)14-9-4-3-5-19-7-9/h6,9H,2-5,7-8,13H2,1H3,(H2,14,15,16,17). The number of aromatic nitrogens is 2. The molecule has 0 amide bonds. The van der Waals surface area contributed by atoms with E-state index in [1.807, 2.05) is 6.92 Å². The zero-order valence-corrected chi connectivity index (χ0v) is 11.2. The van der Waals surface area contributed by atoms with Crippen LogP contribution in [-0.4, -0.2) is 35.8 Å². The average Bonchev–Trinajstić information content (AvgIpc) is 2.46. The summed E-state index contributed by atoms with van der Waals surface area (Å²) in [6.45, 7) is 4.48. The minimum atomic E-state index is 0.286. The van der Waals surface area contributed by atoms with Crippen LogP contribution in [0.25, 0.3) is 0 Å². The van der Waals surface area contributed by atoms with Gasteiger partial charge < -0.3 is 20.2 Å². The van der Waals surface area contributed by atoms with Gasteiger partial charge in [0.1, 0.15) is 18.2 Å². The molecule has 0 spiro atoms. The summed E-state index contributed by atoms with van der Waals surface area (Å²) in [6.07, 6.45) is 2.15. The summed E-state index contributed by atoms with van der Waals surface area (Å²) in [6, 6.07) is 2.07. The van der Waals surface area contributed by atoms with E-state index in [0.717, 1.165) is 25.3 Å². The molecule has 1 fully saturated rings. The van der Waals surface area contributed by atoms with Crippen molar-refractivity contribution in [1.82, 2.24) is 9.97 Å². The Balaban J connectivity index is 2.04. The van der Waals surface area contributed by atoms with Crippen molar-refractivity contribution in [2.45, 2.75) is 32.4 Å². The van der Waals surface area contributed by atoms with Crippen molar-refractivity contribution in [3.05, 3.63) is 11.9 Å². The van der Waals surface area contributed by atoms with Crippen LogP contribution in [0.3, 0.4) is 0 Å². The van der Waals surface area contributed by atoms with Gasteiger partial charge in [-0.25, -0.2) is 15.8 Å². The molecule has 1 unspecified atom stereocenters. The molecule has 7 nitrogen and oxygen atoms in total. The molecular weight excluding hydrogens is 246 g/mol. The molecule has 1 aliphatic rings. The average molecular weight is 267 g/mol. The van der Waals surface area contributed by atoms with Crippen molar-refractivity contribution >= 4 is 11.6 Å². The molecule has 4 N–H and O–H groups in total. The summed E-state index contributed by atoms with van der Waals surface area (Å²) in [5, 5.41) is 3.35. The zero-order chi connectivity index (χ0) is 13.5. The predicted molar refractivity (Wildman–Crippen MR) is 72.6 cm³/mol. The molecule has 2 rings (SSSR count). The number of anilines is 2. The maximum absolute atomic E-state index is 5.44. The largest absolute Gasteiger partial charge is 0.379 e. The summed E-state index contributed by atoms with van der Waals surface area (Å²) in [5.74, 6) is 7.34. The first-order chi connectivity index (χ1) is 9.31. The third-order valence-electron chi connectivity index (χ3n) is 2.87. The lowest BCUT2D eigenvalue weighted by molar-refractivity contribution is 0.0874. The predicted octanol–water partition coefficient (Wildman–Crippen LogP) is 0.890. The third-order valence-corrected chi connectivity index (χ3v) is 2.87. The lowest BCUT2D eigenvalue weighted by Crippen LogP contribution is -2.30. The van der Waals surface area contributed by atoms with Crippen LogP contribution in [0.5, 0.6) is 0 Å². The van der Waals surface area contributed by atoms with Crippen LogP contribution >= 0.6 is 0 Å². The lowest BCUT2D eigenvalue weighted by Gasteiger charge is -2.23. The van der Waals surface area contributed by atoms with Crippen LogP contribution in [0.2, 0.25) is 0 Å². The number of hydrogen-bond donors (Lipinski definition) is 3. The molecule has 0 saturated carbocycles. The van der Waals surface area contributed by atoms with Gasteiger partial charge in [0.2, 0.25) is 0 Å². The molecular formula is C12H21N5O2. The number of rotatable bonds is 6. The van der Waals surface area contributed by atoms with E-state index in [1.165, 1.54) is 0 Å². The van der Waals surface area contributed by atoms with Crippen molar-refractivity contribution in [2.24, 2.45) is 5.84 Å². The van der Waals surface area contributed by atoms with Gasteiger partial charge in [0.05, 0.1) is 12.6 Å². The van der Waals surface area contributed by atoms with Crippen LogP contribution in [0.4, 0.5) is 11.6 Å². The Morgan fingerprint density at radius 2 is 2.32 bits per heavy atom. The molecule has 106 valence electrons. The summed E-state index contributed by atoms with van der Waals surface area (Å²) in [5.41, 5.74) is 2.54. The Morgan fingerprint density at radius 1 is 1.47 bits per heavy atom. The van der Waals surface area contributed by atoms with Crippen LogP contribution in [0.1, 0.15) is 25.6 Å². The van der Waals surface area contributed by atoms with E-state index in [2.05, 4.69) is 20.7 Å². The Morgan fingerprint density at radius 3 is 3.00 bits per heavy atom. The fourth-order valence-corrected chi connectivity index (χ4v) is 1.97. The first kappa shape index (κ1) is 14.0. The Bertz CT molecular complexity index is 396. The summed E-state index contributed by atoms with van der Waals surface area (Å²) in [4.78, 5) is 8.65. The van der Waals surface area contributed by atoms with Gasteiger partial charge in [0.15, 0.2) is 5.82 Å². The number of nitrogen functional groups attached to an aromatic ring is 1. The van der Waals surface area contributed by atoms with Gasteiger partial charge in [-0.3, -0.25) is 0 Å². The van der Waals surface area contributed by atoms with E-state index in [9.17, 15) is 0 Å². The first-order valence-corrected chi connectivity index (χ1v) is 6.58. The highest BCUT2D eigenvalue weighted by molar-refractivity contribution is 5.47. The lowest BCUT2D eigenvalue weighted by atomic mass is 10.1. The Hall–Kier alpha value is -1.44. The highest BCUT2D eigenvalue weighted by atomic mass is 16.5. The van der Waals surface area contributed by atoms with Crippen LogP contribution in [0.15, 0.2) is 6.07 Å². The number of nitrogens with zero attached hydrogens (tertiary/aromatic N) is 2. The van der Waals surface area contributed by atoms with E-state index >= 15 is 0 Å². The molecule has 1 atom stereocenters. The number of nitrogens with two attached hydrogens (primary N) is 1. The van der Waals surface area contributed by atoms with E-state index < -0.39 is 0 Å². The highest BCUT2D eigenvalue weighted by Gasteiger charge is 2.15. The Kier molecular flexibility index (Phi) is 5.31. The zero-order valence-electron chi connectivity index (χ0n) is 11.2. The molecule has 19 heavy (non-hydrogen) atoms. The summed E-state index contributed by atoms with van der Waals surface area (Å²) in [7, 11) is 0. The molecule has 0 aromatic carbocycles. The smallest absolute Gasteiger partial charge is 0.158 e. The fraction of sp³-hybridized carbons (Fsp3) is 0.667. The number of hydrogen-bond acceptors (Lipinski definition) is 7. The quantitative estimate of drug-likeness (QED) is 0.520. The summed E-state index contributed by atoms with van der Waals surface area (Å²) < 4.78 is 10.8. The molecule has 2 heterocycles. The second-order valence-corrected chi connectivity index (χ2v) is 4.39. The van der Waals surface area contributed by atoms with E-state index in [0.29, 0.717) is 31.5 Å². The van der Waals surface area contributed by atoms with Gasteiger partial charge in [0.25, 0.3) is 0 Å². The monoisotopic (exact) mass is 267 g/mol. The van der Waals surface area contributed by atoms with E-state index in [4.69, 9.17) is 15.3 Å². The van der Waals surface area contributed by atoms with Gasteiger partial charge >= 0.3 is 0 Å². The molecule has 0 aliphatic carbocycles. The number of hydrazine groups is 1. The topological polar surface area (TPSA) is 94.3 Å². The number of nitrogens with one attached hydrogen (secondary N) is 2. The van der Waals surface area contributed by atoms with Gasteiger partial charge in [-0.05, 0) is 19.8 Å². The molecule has 7 heteroatoms. The second-order valence-electron chi connectivity index (χ2n) is 4.39. The normalized spacial score (nSPS) is 19.2. The third kappa shape index (κ3) is 4.30. The maximum atomic E-state index is 5.44. The van der Waals surface area contributed by atoms with Gasteiger partial charge in [-0.2, -0.15) is 0 Å². The molecule has 0 radical (unpaired) electrons. The van der Waals surface area contributed by atoms with E-state index in [1.54, 1.807) is 6.07 Å². The number of ether oxygens (including phenoxy) is 2. The van der Waals surface area contributed by atoms with Gasteiger partial charge in [0, 0.05) is 19.3 Å². The maximum Gasteiger partial charge on any atom is 0.158 e. The molecule has 0 bridgehead atoms. The Labute approximate surface area is 112 Å². The highest BCUT2D eigenvalue weighted by Crippen LogP contribution is 2.15. The van der Waals surface area contributed by atoms with Crippen molar-refractivity contribution in [2.75, 3.05) is 30.6 Å². The minimum absolute atomic E-state index is 0.286. The van der Waals surface area contributed by atoms with Crippen LogP contribution < -0.4 is 16.6 Å². The van der Waals surface area contributed by atoms with Crippen LogP contribution in [0, 0.1) is 0 Å². The molecule has 1 saturated heterocycles. The van der Waals surface area contributed by atoms with Crippen molar-refractivity contribution in [3.63, 3.8) is 0 Å². The van der Waals surface area contributed by atoms with Gasteiger partial charge in [-0.15, -0.1) is 0 Å².